The Hall–Kier alpha value is -2.19. The van der Waals surface area contributed by atoms with Crippen molar-refractivity contribution >= 4 is 16.8 Å². The van der Waals surface area contributed by atoms with E-state index in [4.69, 9.17) is 0 Å². The maximum absolute atomic E-state index is 12.2. The Morgan fingerprint density at radius 1 is 1.33 bits per heavy atom. The van der Waals surface area contributed by atoms with Gasteiger partial charge in [-0.25, -0.2) is 4.99 Å². The Kier molecular flexibility index (Phi) is 7.99. The lowest BCUT2D eigenvalue weighted by molar-refractivity contribution is 0.0672. The number of hydrogen-bond donors (Lipinski definition) is 3. The van der Waals surface area contributed by atoms with Gasteiger partial charge in [0.05, 0.1) is 12.7 Å². The van der Waals surface area contributed by atoms with E-state index in [1.165, 1.54) is 0 Å². The zero-order chi connectivity index (χ0) is 19.7. The third kappa shape index (κ3) is 7.15. The van der Waals surface area contributed by atoms with Crippen LogP contribution in [0.15, 0.2) is 47.7 Å². The van der Waals surface area contributed by atoms with E-state index in [-0.39, 0.29) is 6.54 Å². The number of nitrogens with zero attached hydrogens (tertiary/aromatic N) is 3. The predicted octanol–water partition coefficient (Wildman–Crippen LogP) is 1.13. The molecule has 1 heterocycles. The molecule has 0 saturated heterocycles. The molecular formula is C19H29N5O2S. The Labute approximate surface area is 163 Å². The fourth-order valence-electron chi connectivity index (χ4n) is 2.48. The maximum Gasteiger partial charge on any atom is 0.191 e. The molecule has 0 aliphatic heterocycles. The summed E-state index contributed by atoms with van der Waals surface area (Å²) in [6, 6.07) is 9.83. The van der Waals surface area contributed by atoms with Crippen molar-refractivity contribution in [2.45, 2.75) is 25.2 Å². The number of hydrogen-bond acceptors (Lipinski definition) is 4. The number of aromatic nitrogens is 2. The monoisotopic (exact) mass is 391 g/mol. The summed E-state index contributed by atoms with van der Waals surface area (Å²) < 4.78 is 13.9. The minimum Gasteiger partial charge on any atom is -0.383 e. The molecule has 1 aromatic carbocycles. The van der Waals surface area contributed by atoms with Gasteiger partial charge in [-0.15, -0.1) is 0 Å². The molecule has 2 unspecified atom stereocenters. The number of aliphatic imine (C=N–C) groups is 1. The highest BCUT2D eigenvalue weighted by Gasteiger charge is 2.24. The van der Waals surface area contributed by atoms with Crippen molar-refractivity contribution in [3.63, 3.8) is 0 Å². The van der Waals surface area contributed by atoms with Gasteiger partial charge in [0.25, 0.3) is 0 Å². The average Bonchev–Trinajstić information content (AvgIpc) is 3.08. The fraction of sp³-hybridized carbons (Fsp3) is 0.474. The largest absolute Gasteiger partial charge is 0.383 e. The summed E-state index contributed by atoms with van der Waals surface area (Å²) in [5, 5.41) is 21.0. The first-order valence-electron chi connectivity index (χ1n) is 9.03. The molecule has 2 aromatic rings. The van der Waals surface area contributed by atoms with Crippen LogP contribution in [-0.2, 0) is 29.2 Å². The van der Waals surface area contributed by atoms with E-state index in [1.807, 2.05) is 44.3 Å². The number of aliphatic hydroxyl groups is 1. The van der Waals surface area contributed by atoms with Gasteiger partial charge in [0, 0.05) is 54.2 Å². The minimum atomic E-state index is -1.10. The number of rotatable bonds is 9. The third-order valence-electron chi connectivity index (χ3n) is 4.01. The lowest BCUT2D eigenvalue weighted by Gasteiger charge is -2.20. The Morgan fingerprint density at radius 2 is 2.07 bits per heavy atom. The van der Waals surface area contributed by atoms with Crippen LogP contribution >= 0.6 is 0 Å². The first-order valence-corrected chi connectivity index (χ1v) is 10.5. The Morgan fingerprint density at radius 3 is 2.70 bits per heavy atom. The summed E-state index contributed by atoms with van der Waals surface area (Å²) in [5.41, 5.74) is 0.685. The number of aryl methyl sites for hydroxylation is 1. The smallest absolute Gasteiger partial charge is 0.191 e. The van der Waals surface area contributed by atoms with Crippen LogP contribution in [0.5, 0.6) is 0 Å². The number of nitrogens with one attached hydrogen (secondary N) is 2. The molecule has 0 spiro atoms. The van der Waals surface area contributed by atoms with Crippen LogP contribution in [0.4, 0.5) is 0 Å². The molecule has 0 fully saturated rings. The van der Waals surface area contributed by atoms with Crippen molar-refractivity contribution in [2.24, 2.45) is 12.0 Å². The molecular weight excluding hydrogens is 362 g/mol. The zero-order valence-corrected chi connectivity index (χ0v) is 17.0. The SMILES string of the molecule is CCNC(=NCC(C)(O)c1cnn(C)c1)NCCS(=O)Cc1ccccc1. The minimum absolute atomic E-state index is 0.196. The van der Waals surface area contributed by atoms with Gasteiger partial charge in [-0.3, -0.25) is 8.89 Å². The van der Waals surface area contributed by atoms with Gasteiger partial charge in [-0.1, -0.05) is 30.3 Å². The summed E-state index contributed by atoms with van der Waals surface area (Å²) in [6.07, 6.45) is 3.42. The van der Waals surface area contributed by atoms with Crippen LogP contribution in [0.1, 0.15) is 25.0 Å². The van der Waals surface area contributed by atoms with Gasteiger partial charge >= 0.3 is 0 Å². The molecule has 0 aliphatic rings. The highest BCUT2D eigenvalue weighted by molar-refractivity contribution is 7.84. The lowest BCUT2D eigenvalue weighted by atomic mass is 10.0. The van der Waals surface area contributed by atoms with Gasteiger partial charge in [-0.2, -0.15) is 5.10 Å². The second kappa shape index (κ2) is 10.2. The maximum atomic E-state index is 12.2. The molecule has 0 amide bonds. The van der Waals surface area contributed by atoms with E-state index in [2.05, 4.69) is 20.7 Å². The van der Waals surface area contributed by atoms with Gasteiger partial charge < -0.3 is 15.7 Å². The Balaban J connectivity index is 1.85. The molecule has 0 radical (unpaired) electrons. The van der Waals surface area contributed by atoms with E-state index in [9.17, 15) is 9.32 Å². The topological polar surface area (TPSA) is 91.5 Å². The van der Waals surface area contributed by atoms with Crippen molar-refractivity contribution in [1.82, 2.24) is 20.4 Å². The van der Waals surface area contributed by atoms with Gasteiger partial charge in [-0.05, 0) is 19.4 Å². The zero-order valence-electron chi connectivity index (χ0n) is 16.2. The fourth-order valence-corrected chi connectivity index (χ4v) is 3.52. The van der Waals surface area contributed by atoms with Crippen molar-refractivity contribution < 1.29 is 9.32 Å². The summed E-state index contributed by atoms with van der Waals surface area (Å²) in [6.45, 7) is 5.13. The molecule has 2 atom stereocenters. The van der Waals surface area contributed by atoms with Crippen molar-refractivity contribution in [2.75, 3.05) is 25.4 Å². The van der Waals surface area contributed by atoms with E-state index in [1.54, 1.807) is 24.0 Å². The second-order valence-electron chi connectivity index (χ2n) is 6.57. The lowest BCUT2D eigenvalue weighted by Crippen LogP contribution is -2.40. The second-order valence-corrected chi connectivity index (χ2v) is 8.15. The summed E-state index contributed by atoms with van der Waals surface area (Å²) in [4.78, 5) is 4.46. The van der Waals surface area contributed by atoms with Gasteiger partial charge in [0.2, 0.25) is 0 Å². The molecule has 148 valence electrons. The predicted molar refractivity (Wildman–Crippen MR) is 110 cm³/mol. The molecule has 0 aliphatic carbocycles. The molecule has 27 heavy (non-hydrogen) atoms. The van der Waals surface area contributed by atoms with Gasteiger partial charge in [0.15, 0.2) is 5.96 Å². The molecule has 8 heteroatoms. The molecule has 3 N–H and O–H groups in total. The highest BCUT2D eigenvalue weighted by Crippen LogP contribution is 2.19. The van der Waals surface area contributed by atoms with E-state index in [0.29, 0.717) is 36.1 Å². The first kappa shape index (κ1) is 21.1. The Bertz CT molecular complexity index is 758. The average molecular weight is 392 g/mol. The summed E-state index contributed by atoms with van der Waals surface area (Å²) in [5.74, 6) is 1.67. The first-order chi connectivity index (χ1) is 12.9. The normalized spacial score (nSPS) is 15.2. The van der Waals surface area contributed by atoms with Crippen molar-refractivity contribution in [3.05, 3.63) is 53.9 Å². The van der Waals surface area contributed by atoms with E-state index < -0.39 is 16.4 Å². The molecule has 7 nitrogen and oxygen atoms in total. The summed E-state index contributed by atoms with van der Waals surface area (Å²) >= 11 is 0. The van der Waals surface area contributed by atoms with Crippen molar-refractivity contribution in [3.8, 4) is 0 Å². The molecule has 2 rings (SSSR count). The molecule has 0 saturated carbocycles. The van der Waals surface area contributed by atoms with Crippen LogP contribution < -0.4 is 10.6 Å². The van der Waals surface area contributed by atoms with Crippen LogP contribution in [0, 0.1) is 0 Å². The standard InChI is InChI=1S/C19H29N5O2S/c1-4-20-18(22-15-19(2,25)17-12-23-24(3)13-17)21-10-11-27(26)14-16-8-6-5-7-9-16/h5-9,12-13,25H,4,10-11,14-15H2,1-3H3,(H2,20,21,22). The quantitative estimate of drug-likeness (QED) is 0.440. The van der Waals surface area contributed by atoms with Gasteiger partial charge in [0.1, 0.15) is 5.60 Å². The van der Waals surface area contributed by atoms with Crippen LogP contribution in [0.25, 0.3) is 0 Å². The summed E-state index contributed by atoms with van der Waals surface area (Å²) in [7, 11) is 0.865. The van der Waals surface area contributed by atoms with Crippen LogP contribution in [0.3, 0.4) is 0 Å². The highest BCUT2D eigenvalue weighted by atomic mass is 32.2. The third-order valence-corrected chi connectivity index (χ3v) is 5.32. The number of guanidine groups is 1. The molecule has 1 aromatic heterocycles. The van der Waals surface area contributed by atoms with Crippen LogP contribution in [0.2, 0.25) is 0 Å². The van der Waals surface area contributed by atoms with Crippen molar-refractivity contribution in [1.29, 1.82) is 0 Å². The molecule has 0 bridgehead atoms. The van der Waals surface area contributed by atoms with E-state index >= 15 is 0 Å². The van der Waals surface area contributed by atoms with Crippen LogP contribution in [-0.4, -0.2) is 50.4 Å². The van der Waals surface area contributed by atoms with E-state index in [0.717, 1.165) is 5.56 Å². The number of benzene rings is 1.